The number of hydrogen-bond donors (Lipinski definition) is 3. The van der Waals surface area contributed by atoms with E-state index in [4.69, 9.17) is 4.74 Å². The van der Waals surface area contributed by atoms with Crippen LogP contribution in [0.3, 0.4) is 0 Å². The van der Waals surface area contributed by atoms with Gasteiger partial charge in [0.05, 0.1) is 19.3 Å². The summed E-state index contributed by atoms with van der Waals surface area (Å²) in [6.07, 6.45) is 10.1. The molecule has 22 heavy (non-hydrogen) atoms. The summed E-state index contributed by atoms with van der Waals surface area (Å²) in [5.74, 6) is 1.20. The SMILES string of the molecule is Cl.OC(CNC1CCCC1C1COCCN1)C1CCCCC1. The maximum Gasteiger partial charge on any atom is 0.0692 e. The first-order valence-electron chi connectivity index (χ1n) is 9.07. The van der Waals surface area contributed by atoms with Crippen LogP contribution in [0.4, 0.5) is 0 Å². The molecule has 3 fully saturated rings. The highest BCUT2D eigenvalue weighted by Gasteiger charge is 2.35. The Hall–Kier alpha value is 0.130. The highest BCUT2D eigenvalue weighted by molar-refractivity contribution is 5.85. The standard InChI is InChI=1S/C17H32N2O2.ClH/c20-17(13-5-2-1-3-6-13)11-19-15-8-4-7-14(15)16-12-21-10-9-18-16;/h13-20H,1-12H2;1H. The zero-order valence-corrected chi connectivity index (χ0v) is 14.5. The van der Waals surface area contributed by atoms with Crippen molar-refractivity contribution < 1.29 is 9.84 Å². The molecule has 3 aliphatic rings. The molecule has 1 aliphatic heterocycles. The van der Waals surface area contributed by atoms with Crippen molar-refractivity contribution in [1.29, 1.82) is 0 Å². The fourth-order valence-corrected chi connectivity index (χ4v) is 4.54. The second-order valence-corrected chi connectivity index (χ2v) is 7.21. The lowest BCUT2D eigenvalue weighted by Gasteiger charge is -2.34. The lowest BCUT2D eigenvalue weighted by Crippen LogP contribution is -2.52. The Morgan fingerprint density at radius 2 is 1.91 bits per heavy atom. The Kier molecular flexibility index (Phi) is 7.92. The molecule has 130 valence electrons. The molecule has 0 bridgehead atoms. The summed E-state index contributed by atoms with van der Waals surface area (Å²) in [4.78, 5) is 0. The predicted octanol–water partition coefficient (Wildman–Crippen LogP) is 2.10. The number of morpholine rings is 1. The Balaban J connectivity index is 0.00000176. The molecule has 0 amide bonds. The molecule has 0 aromatic rings. The molecule has 0 aromatic carbocycles. The lowest BCUT2D eigenvalue weighted by atomic mass is 9.85. The van der Waals surface area contributed by atoms with Crippen LogP contribution >= 0.6 is 12.4 Å². The third kappa shape index (κ3) is 4.81. The van der Waals surface area contributed by atoms with Gasteiger partial charge in [-0.2, -0.15) is 0 Å². The Morgan fingerprint density at radius 1 is 1.09 bits per heavy atom. The van der Waals surface area contributed by atoms with E-state index >= 15 is 0 Å². The van der Waals surface area contributed by atoms with Crippen LogP contribution in [0.1, 0.15) is 51.4 Å². The van der Waals surface area contributed by atoms with Crippen LogP contribution in [0.15, 0.2) is 0 Å². The van der Waals surface area contributed by atoms with Gasteiger partial charge in [0.2, 0.25) is 0 Å². The molecule has 2 saturated carbocycles. The fourth-order valence-electron chi connectivity index (χ4n) is 4.54. The van der Waals surface area contributed by atoms with Gasteiger partial charge in [0.1, 0.15) is 0 Å². The van der Waals surface area contributed by atoms with Gasteiger partial charge in [-0.15, -0.1) is 12.4 Å². The van der Waals surface area contributed by atoms with Crippen molar-refractivity contribution in [1.82, 2.24) is 10.6 Å². The number of aliphatic hydroxyl groups is 1. The van der Waals surface area contributed by atoms with Gasteiger partial charge in [0.15, 0.2) is 0 Å². The van der Waals surface area contributed by atoms with Crippen molar-refractivity contribution >= 4 is 12.4 Å². The molecule has 4 nitrogen and oxygen atoms in total. The molecule has 5 heteroatoms. The average Bonchev–Trinajstić information content (AvgIpc) is 3.03. The minimum Gasteiger partial charge on any atom is -0.392 e. The van der Waals surface area contributed by atoms with Crippen molar-refractivity contribution in [2.75, 3.05) is 26.3 Å². The summed E-state index contributed by atoms with van der Waals surface area (Å²) in [7, 11) is 0. The van der Waals surface area contributed by atoms with Crippen molar-refractivity contribution in [2.45, 2.75) is 69.6 Å². The first-order valence-corrected chi connectivity index (χ1v) is 9.07. The normalized spacial score (nSPS) is 35.0. The second kappa shape index (κ2) is 9.43. The molecule has 0 spiro atoms. The first-order chi connectivity index (χ1) is 10.3. The first kappa shape index (κ1) is 18.5. The summed E-state index contributed by atoms with van der Waals surface area (Å²) in [6, 6.07) is 1.06. The average molecular weight is 333 g/mol. The van der Waals surface area contributed by atoms with Gasteiger partial charge in [-0.1, -0.05) is 25.7 Å². The Bertz CT molecular complexity index is 307. The molecule has 4 atom stereocenters. The zero-order chi connectivity index (χ0) is 14.5. The Morgan fingerprint density at radius 3 is 2.64 bits per heavy atom. The van der Waals surface area contributed by atoms with Crippen LogP contribution in [0.2, 0.25) is 0 Å². The lowest BCUT2D eigenvalue weighted by molar-refractivity contribution is 0.0479. The van der Waals surface area contributed by atoms with Gasteiger partial charge in [-0.05, 0) is 37.5 Å². The number of ether oxygens (including phenoxy) is 1. The minimum absolute atomic E-state index is 0. The van der Waals surface area contributed by atoms with Crippen LogP contribution in [0.25, 0.3) is 0 Å². The molecule has 0 aromatic heterocycles. The van der Waals surface area contributed by atoms with Crippen molar-refractivity contribution in [2.24, 2.45) is 11.8 Å². The van der Waals surface area contributed by atoms with Crippen LogP contribution < -0.4 is 10.6 Å². The number of halogens is 1. The molecule has 3 N–H and O–H groups in total. The van der Waals surface area contributed by atoms with E-state index < -0.39 is 0 Å². The quantitative estimate of drug-likeness (QED) is 0.721. The number of rotatable bonds is 5. The van der Waals surface area contributed by atoms with Gasteiger partial charge in [-0.25, -0.2) is 0 Å². The van der Waals surface area contributed by atoms with Gasteiger partial charge in [0.25, 0.3) is 0 Å². The molecular formula is C17H33ClN2O2. The Labute approximate surface area is 141 Å². The maximum atomic E-state index is 10.4. The van der Waals surface area contributed by atoms with E-state index in [1.807, 2.05) is 0 Å². The third-order valence-corrected chi connectivity index (χ3v) is 5.82. The number of hydrogen-bond acceptors (Lipinski definition) is 4. The predicted molar refractivity (Wildman–Crippen MR) is 91.6 cm³/mol. The molecule has 4 unspecified atom stereocenters. The van der Waals surface area contributed by atoms with Crippen LogP contribution in [-0.2, 0) is 4.74 Å². The van der Waals surface area contributed by atoms with E-state index in [-0.39, 0.29) is 18.5 Å². The van der Waals surface area contributed by atoms with Gasteiger partial charge in [-0.3, -0.25) is 0 Å². The van der Waals surface area contributed by atoms with Crippen molar-refractivity contribution in [3.05, 3.63) is 0 Å². The fraction of sp³-hybridized carbons (Fsp3) is 1.00. The highest BCUT2D eigenvalue weighted by atomic mass is 35.5. The molecule has 1 saturated heterocycles. The van der Waals surface area contributed by atoms with E-state index in [1.54, 1.807) is 0 Å². The van der Waals surface area contributed by atoms with Crippen LogP contribution in [-0.4, -0.2) is 49.6 Å². The molecule has 0 radical (unpaired) electrons. The molecule has 2 aliphatic carbocycles. The van der Waals surface area contributed by atoms with E-state index in [2.05, 4.69) is 10.6 Å². The maximum absolute atomic E-state index is 10.4. The van der Waals surface area contributed by atoms with Crippen LogP contribution in [0, 0.1) is 11.8 Å². The minimum atomic E-state index is -0.151. The smallest absolute Gasteiger partial charge is 0.0692 e. The summed E-state index contributed by atoms with van der Waals surface area (Å²) >= 11 is 0. The summed E-state index contributed by atoms with van der Waals surface area (Å²) in [5, 5.41) is 17.7. The van der Waals surface area contributed by atoms with Crippen LogP contribution in [0.5, 0.6) is 0 Å². The van der Waals surface area contributed by atoms with E-state index in [1.165, 1.54) is 51.4 Å². The summed E-state index contributed by atoms with van der Waals surface area (Å²) < 4.78 is 5.62. The van der Waals surface area contributed by atoms with Crippen molar-refractivity contribution in [3.8, 4) is 0 Å². The number of nitrogens with one attached hydrogen (secondary N) is 2. The highest BCUT2D eigenvalue weighted by Crippen LogP contribution is 2.30. The van der Waals surface area contributed by atoms with E-state index in [0.29, 0.717) is 23.9 Å². The van der Waals surface area contributed by atoms with Crippen molar-refractivity contribution in [3.63, 3.8) is 0 Å². The summed E-state index contributed by atoms with van der Waals surface area (Å²) in [5.41, 5.74) is 0. The monoisotopic (exact) mass is 332 g/mol. The zero-order valence-electron chi connectivity index (χ0n) is 13.6. The van der Waals surface area contributed by atoms with E-state index in [9.17, 15) is 5.11 Å². The number of aliphatic hydroxyl groups excluding tert-OH is 1. The van der Waals surface area contributed by atoms with E-state index in [0.717, 1.165) is 26.3 Å². The van der Waals surface area contributed by atoms with Gasteiger partial charge in [0, 0.05) is 25.2 Å². The largest absolute Gasteiger partial charge is 0.392 e. The van der Waals surface area contributed by atoms with Gasteiger partial charge < -0.3 is 20.5 Å². The topological polar surface area (TPSA) is 53.5 Å². The molecule has 1 heterocycles. The molecule has 3 rings (SSSR count). The summed E-state index contributed by atoms with van der Waals surface area (Å²) in [6.45, 7) is 3.47. The second-order valence-electron chi connectivity index (χ2n) is 7.21. The van der Waals surface area contributed by atoms with Gasteiger partial charge >= 0.3 is 0 Å². The molecular weight excluding hydrogens is 300 g/mol. The third-order valence-electron chi connectivity index (χ3n) is 5.82.